The van der Waals surface area contributed by atoms with Gasteiger partial charge in [-0.15, -0.1) is 4.40 Å². The van der Waals surface area contributed by atoms with E-state index in [2.05, 4.69) is 15.0 Å². The quantitative estimate of drug-likeness (QED) is 0.315. The number of carbonyl (C=O) groups excluding carboxylic acids is 2. The molecular weight excluding hydrogens is 482 g/mol. The predicted molar refractivity (Wildman–Crippen MR) is 142 cm³/mol. The molecule has 0 saturated heterocycles. The van der Waals surface area contributed by atoms with Crippen LogP contribution in [0.1, 0.15) is 58.6 Å². The third-order valence-electron chi connectivity index (χ3n) is 6.12. The molecule has 0 fully saturated rings. The Morgan fingerprint density at radius 2 is 1.89 bits per heavy atom. The topological polar surface area (TPSA) is 140 Å². The lowest BCUT2D eigenvalue weighted by atomic mass is 9.67. The smallest absolute Gasteiger partial charge is 0.412 e. The van der Waals surface area contributed by atoms with E-state index in [1.54, 1.807) is 39.0 Å². The minimum absolute atomic E-state index is 0.0416. The summed E-state index contributed by atoms with van der Waals surface area (Å²) in [5.74, 6) is -0.736. The number of Topliss-reactive ketones (excluding diaryl/α,β-unsaturated/α-hetero) is 1. The zero-order valence-electron chi connectivity index (χ0n) is 20.9. The van der Waals surface area contributed by atoms with Gasteiger partial charge in [0.2, 0.25) is 0 Å². The third-order valence-corrected chi connectivity index (χ3v) is 7.49. The van der Waals surface area contributed by atoms with Gasteiger partial charge in [-0.1, -0.05) is 48.4 Å². The fourth-order valence-corrected chi connectivity index (χ4v) is 5.75. The molecule has 0 spiro atoms. The molecule has 9 nitrogen and oxygen atoms in total. The number of nitrogens with one attached hydrogen (secondary N) is 2. The molecule has 1 unspecified atom stereocenters. The number of aliphatic hydroxyl groups is 1. The number of hydrogen-bond donors (Lipinski definition) is 5. The molecule has 1 amide bonds. The van der Waals surface area contributed by atoms with Crippen LogP contribution in [0.4, 0.5) is 16.2 Å². The third kappa shape index (κ3) is 4.59. The first-order chi connectivity index (χ1) is 16.8. The Morgan fingerprint density at radius 1 is 1.19 bits per heavy atom. The first kappa shape index (κ1) is 25.7. The highest BCUT2D eigenvalue weighted by Gasteiger charge is 2.46. The molecule has 1 atom stereocenters. The van der Waals surface area contributed by atoms with Gasteiger partial charge in [-0.3, -0.25) is 19.2 Å². The molecule has 1 aliphatic heterocycles. The van der Waals surface area contributed by atoms with Crippen molar-refractivity contribution in [2.75, 3.05) is 10.6 Å². The number of benzene rings is 2. The molecule has 0 aromatic heterocycles. The molecule has 36 heavy (non-hydrogen) atoms. The van der Waals surface area contributed by atoms with Gasteiger partial charge in [-0.05, 0) is 57.9 Å². The molecule has 0 saturated carbocycles. The summed E-state index contributed by atoms with van der Waals surface area (Å²) in [6.07, 6.45) is 0.582. The normalized spacial score (nSPS) is 21.5. The Bertz CT molecular complexity index is 1310. The molecule has 1 heterocycles. The SMILES string of the molecule is CCCC1(C)C(=O)C(C2=NS(O)(O)c3cc(NC(=O)OC(C)(C)C)ccc3N2)=C(O)c2ccccc21. The molecule has 2 aromatic rings. The highest BCUT2D eigenvalue weighted by atomic mass is 32.3. The number of fused-ring (bicyclic) bond motifs is 2. The van der Waals surface area contributed by atoms with Crippen molar-refractivity contribution in [2.24, 2.45) is 4.40 Å². The second-order valence-corrected chi connectivity index (χ2v) is 11.8. The molecule has 10 heteroatoms. The van der Waals surface area contributed by atoms with E-state index in [1.165, 1.54) is 12.1 Å². The Hall–Kier alpha value is -3.34. The summed E-state index contributed by atoms with van der Waals surface area (Å²) in [5, 5.41) is 16.7. The maximum atomic E-state index is 13.8. The van der Waals surface area contributed by atoms with Gasteiger partial charge in [0.05, 0.1) is 11.1 Å². The van der Waals surface area contributed by atoms with E-state index in [4.69, 9.17) is 4.74 Å². The Morgan fingerprint density at radius 3 is 2.56 bits per heavy atom. The van der Waals surface area contributed by atoms with Gasteiger partial charge >= 0.3 is 6.09 Å². The number of ether oxygens (including phenoxy) is 1. The van der Waals surface area contributed by atoms with Gasteiger partial charge in [0.15, 0.2) is 11.6 Å². The van der Waals surface area contributed by atoms with Crippen molar-refractivity contribution >= 4 is 45.6 Å². The van der Waals surface area contributed by atoms with Crippen molar-refractivity contribution in [3.05, 3.63) is 59.2 Å². The second kappa shape index (κ2) is 8.95. The highest BCUT2D eigenvalue weighted by molar-refractivity contribution is 8.23. The van der Waals surface area contributed by atoms with E-state index >= 15 is 0 Å². The number of amides is 1. The van der Waals surface area contributed by atoms with Crippen LogP contribution in [0.2, 0.25) is 0 Å². The maximum absolute atomic E-state index is 13.8. The van der Waals surface area contributed by atoms with E-state index in [0.717, 1.165) is 12.0 Å². The monoisotopic (exact) mass is 513 g/mol. The standard InChI is InChI=1S/C26H31N3O6S/c1-6-13-26(5)17-10-8-7-9-16(17)21(30)20(22(26)31)23-28-18-12-11-15(14-19(18)36(33,34)29-23)27-24(32)35-25(2,3)4/h7-12,14,30,33-34H,6,13H2,1-5H3,(H,27,32)(H,28,29). The molecule has 0 bridgehead atoms. The van der Waals surface area contributed by atoms with Crippen molar-refractivity contribution in [1.29, 1.82) is 0 Å². The van der Waals surface area contributed by atoms with E-state index in [0.29, 0.717) is 17.7 Å². The summed E-state index contributed by atoms with van der Waals surface area (Å²) in [7, 11) is -3.77. The number of aliphatic hydroxyl groups excluding tert-OH is 1. The van der Waals surface area contributed by atoms with Crippen LogP contribution >= 0.6 is 10.8 Å². The average molecular weight is 514 g/mol. The summed E-state index contributed by atoms with van der Waals surface area (Å²) in [5.41, 5.74) is 0.0938. The van der Waals surface area contributed by atoms with Crippen molar-refractivity contribution in [3.63, 3.8) is 0 Å². The molecule has 1 aliphatic carbocycles. The first-order valence-corrected chi connectivity index (χ1v) is 13.1. The zero-order chi connectivity index (χ0) is 26.5. The van der Waals surface area contributed by atoms with Crippen LogP contribution in [0, 0.1) is 0 Å². The van der Waals surface area contributed by atoms with Gasteiger partial charge in [0.1, 0.15) is 21.8 Å². The van der Waals surface area contributed by atoms with E-state index < -0.39 is 27.9 Å². The fourth-order valence-electron chi connectivity index (χ4n) is 4.57. The van der Waals surface area contributed by atoms with Crippen LogP contribution in [-0.2, 0) is 14.9 Å². The lowest BCUT2D eigenvalue weighted by Crippen LogP contribution is -2.42. The maximum Gasteiger partial charge on any atom is 0.412 e. The van der Waals surface area contributed by atoms with Crippen LogP contribution in [0.3, 0.4) is 0 Å². The molecule has 2 aliphatic rings. The van der Waals surface area contributed by atoms with Gasteiger partial charge in [-0.25, -0.2) is 4.79 Å². The van der Waals surface area contributed by atoms with Gasteiger partial charge in [0, 0.05) is 11.3 Å². The highest BCUT2D eigenvalue weighted by Crippen LogP contribution is 2.57. The summed E-state index contributed by atoms with van der Waals surface area (Å²) in [6, 6.07) is 11.6. The minimum Gasteiger partial charge on any atom is -0.506 e. The van der Waals surface area contributed by atoms with Crippen LogP contribution < -0.4 is 10.6 Å². The second-order valence-electron chi connectivity index (χ2n) is 10.1. The number of nitrogens with zero attached hydrogens (tertiary/aromatic N) is 1. The number of rotatable bonds is 4. The number of amidine groups is 1. The van der Waals surface area contributed by atoms with E-state index in [1.807, 2.05) is 26.0 Å². The van der Waals surface area contributed by atoms with Gasteiger partial charge < -0.3 is 15.2 Å². The molecule has 192 valence electrons. The fraction of sp³-hybridized carbons (Fsp3) is 0.346. The van der Waals surface area contributed by atoms with Crippen molar-refractivity contribution in [3.8, 4) is 0 Å². The summed E-state index contributed by atoms with van der Waals surface area (Å²) >= 11 is 0. The van der Waals surface area contributed by atoms with E-state index in [-0.39, 0.29) is 33.5 Å². The molecule has 2 aromatic carbocycles. The van der Waals surface area contributed by atoms with E-state index in [9.17, 15) is 23.8 Å². The van der Waals surface area contributed by atoms with Crippen molar-refractivity contribution < 1.29 is 28.5 Å². The average Bonchev–Trinajstić information content (AvgIpc) is 2.77. The summed E-state index contributed by atoms with van der Waals surface area (Å²) in [6.45, 7) is 9.00. The van der Waals surface area contributed by atoms with Gasteiger partial charge in [0.25, 0.3) is 0 Å². The first-order valence-electron chi connectivity index (χ1n) is 11.6. The minimum atomic E-state index is -3.77. The predicted octanol–water partition coefficient (Wildman–Crippen LogP) is 6.49. The summed E-state index contributed by atoms with van der Waals surface area (Å²) in [4.78, 5) is 25.9. The number of anilines is 2. The zero-order valence-corrected chi connectivity index (χ0v) is 21.7. The number of carbonyl (C=O) groups is 2. The molecule has 5 N–H and O–H groups in total. The van der Waals surface area contributed by atoms with Crippen LogP contribution in [0.25, 0.3) is 5.76 Å². The van der Waals surface area contributed by atoms with Crippen LogP contribution in [0.15, 0.2) is 57.3 Å². The van der Waals surface area contributed by atoms with Crippen LogP contribution in [-0.4, -0.2) is 37.5 Å². The van der Waals surface area contributed by atoms with Crippen LogP contribution in [0.5, 0.6) is 0 Å². The number of ketones is 1. The lowest BCUT2D eigenvalue weighted by molar-refractivity contribution is -0.120. The Balaban J connectivity index is 1.74. The Labute approximate surface area is 211 Å². The molecular formula is C26H31N3O6S. The lowest BCUT2D eigenvalue weighted by Gasteiger charge is -2.38. The summed E-state index contributed by atoms with van der Waals surface area (Å²) < 4.78 is 31.2. The Kier molecular flexibility index (Phi) is 6.40. The van der Waals surface area contributed by atoms with Gasteiger partial charge in [-0.2, -0.15) is 0 Å². The molecule has 4 rings (SSSR count). The molecule has 0 radical (unpaired) electrons. The largest absolute Gasteiger partial charge is 0.506 e. The van der Waals surface area contributed by atoms with Crippen molar-refractivity contribution in [1.82, 2.24) is 0 Å². The van der Waals surface area contributed by atoms with Crippen molar-refractivity contribution in [2.45, 2.75) is 63.4 Å². The number of hydrogen-bond acceptors (Lipinski definition) is 8.